The molecule has 1 spiro atoms. The van der Waals surface area contributed by atoms with E-state index < -0.39 is 6.04 Å². The molecule has 0 saturated carbocycles. The zero-order chi connectivity index (χ0) is 18.3. The van der Waals surface area contributed by atoms with Crippen LogP contribution in [0.25, 0.3) is 10.9 Å². The third kappa shape index (κ3) is 2.74. The molecule has 2 aliphatic rings. The van der Waals surface area contributed by atoms with Crippen LogP contribution >= 0.6 is 0 Å². The maximum Gasteiger partial charge on any atom is 0.239 e. The summed E-state index contributed by atoms with van der Waals surface area (Å²) in [7, 11) is 0. The van der Waals surface area contributed by atoms with Gasteiger partial charge in [-0.05, 0) is 36.8 Å². The Morgan fingerprint density at radius 2 is 2.08 bits per heavy atom. The van der Waals surface area contributed by atoms with Gasteiger partial charge in [-0.25, -0.2) is 0 Å². The highest BCUT2D eigenvalue weighted by Crippen LogP contribution is 2.43. The first kappa shape index (κ1) is 17.6. The number of carbonyl (C=O) groups excluding carboxylic acids is 1. The van der Waals surface area contributed by atoms with Gasteiger partial charge in [0.2, 0.25) is 5.91 Å². The molecule has 0 radical (unpaired) electrons. The second kappa shape index (κ2) is 6.71. The summed E-state index contributed by atoms with van der Waals surface area (Å²) in [5.74, 6) is 0.298. The number of carbonyl (C=O) groups is 1. The number of nitrogens with two attached hydrogens (primary N) is 1. The van der Waals surface area contributed by atoms with Crippen molar-refractivity contribution in [2.75, 3.05) is 19.7 Å². The Kier molecular flexibility index (Phi) is 4.53. The fraction of sp³-hybridized carbons (Fsp3) is 0.571. The summed E-state index contributed by atoms with van der Waals surface area (Å²) in [6.07, 6.45) is 3.52. The van der Waals surface area contributed by atoms with Crippen molar-refractivity contribution in [1.82, 2.24) is 9.88 Å². The van der Waals surface area contributed by atoms with Crippen molar-refractivity contribution in [3.05, 3.63) is 35.5 Å². The lowest BCUT2D eigenvalue weighted by molar-refractivity contribution is -0.143. The van der Waals surface area contributed by atoms with Gasteiger partial charge in [-0.3, -0.25) is 4.79 Å². The zero-order valence-electron chi connectivity index (χ0n) is 15.8. The molecule has 1 fully saturated rings. The fourth-order valence-electron chi connectivity index (χ4n) is 4.46. The van der Waals surface area contributed by atoms with Gasteiger partial charge in [0.15, 0.2) is 0 Å². The van der Waals surface area contributed by atoms with Gasteiger partial charge in [0.05, 0.1) is 18.3 Å². The Balaban J connectivity index is 1.56. The molecule has 1 saturated heterocycles. The summed E-state index contributed by atoms with van der Waals surface area (Å²) in [6, 6.07) is 8.08. The fourth-order valence-corrected chi connectivity index (χ4v) is 4.46. The van der Waals surface area contributed by atoms with E-state index in [9.17, 15) is 4.79 Å². The first-order chi connectivity index (χ1) is 12.6. The van der Waals surface area contributed by atoms with Crippen molar-refractivity contribution < 1.29 is 9.53 Å². The van der Waals surface area contributed by atoms with Gasteiger partial charge < -0.3 is 20.4 Å². The number of hydrogen-bond acceptors (Lipinski definition) is 3. The highest BCUT2D eigenvalue weighted by molar-refractivity contribution is 5.85. The quantitative estimate of drug-likeness (QED) is 0.889. The van der Waals surface area contributed by atoms with Gasteiger partial charge in [-0.15, -0.1) is 0 Å². The molecule has 2 aromatic rings. The van der Waals surface area contributed by atoms with E-state index in [1.165, 1.54) is 22.2 Å². The lowest BCUT2D eigenvalue weighted by Gasteiger charge is -2.44. The number of ether oxygens (including phenoxy) is 1. The Hall–Kier alpha value is -1.85. The van der Waals surface area contributed by atoms with Crippen LogP contribution in [-0.2, 0) is 21.6 Å². The van der Waals surface area contributed by atoms with Crippen LogP contribution in [0, 0.1) is 5.92 Å². The van der Waals surface area contributed by atoms with E-state index in [0.717, 1.165) is 32.3 Å². The molecule has 0 bridgehead atoms. The molecular formula is C21H29N3O2. The molecule has 2 aliphatic heterocycles. The molecule has 5 heteroatoms. The molecule has 140 valence electrons. The maximum absolute atomic E-state index is 12.7. The molecule has 26 heavy (non-hydrogen) atoms. The maximum atomic E-state index is 12.7. The third-order valence-electron chi connectivity index (χ3n) is 6.42. The predicted molar refractivity (Wildman–Crippen MR) is 103 cm³/mol. The average molecular weight is 355 g/mol. The summed E-state index contributed by atoms with van der Waals surface area (Å²) in [5.41, 5.74) is 9.68. The summed E-state index contributed by atoms with van der Waals surface area (Å²) >= 11 is 0. The summed E-state index contributed by atoms with van der Waals surface area (Å²) in [4.78, 5) is 18.3. The van der Waals surface area contributed by atoms with Crippen molar-refractivity contribution in [2.45, 2.75) is 51.2 Å². The highest BCUT2D eigenvalue weighted by atomic mass is 16.5. The van der Waals surface area contributed by atoms with Crippen molar-refractivity contribution >= 4 is 16.8 Å². The summed E-state index contributed by atoms with van der Waals surface area (Å²) < 4.78 is 6.32. The molecule has 1 amide bonds. The van der Waals surface area contributed by atoms with Crippen LogP contribution in [0.2, 0.25) is 0 Å². The number of amides is 1. The lowest BCUT2D eigenvalue weighted by Crippen LogP contribution is -2.53. The number of piperidine rings is 1. The summed E-state index contributed by atoms with van der Waals surface area (Å²) in [5, 5.41) is 1.31. The van der Waals surface area contributed by atoms with Crippen LogP contribution in [0.15, 0.2) is 24.3 Å². The van der Waals surface area contributed by atoms with Crippen LogP contribution < -0.4 is 5.73 Å². The third-order valence-corrected chi connectivity index (χ3v) is 6.42. The smallest absolute Gasteiger partial charge is 0.239 e. The Labute approximate surface area is 154 Å². The van der Waals surface area contributed by atoms with E-state index in [1.807, 2.05) is 4.90 Å². The van der Waals surface area contributed by atoms with Crippen molar-refractivity contribution in [3.8, 4) is 0 Å². The molecule has 1 aromatic carbocycles. The molecule has 4 rings (SSSR count). The zero-order valence-corrected chi connectivity index (χ0v) is 15.8. The van der Waals surface area contributed by atoms with E-state index in [0.29, 0.717) is 13.1 Å². The van der Waals surface area contributed by atoms with E-state index >= 15 is 0 Å². The SMILES string of the molecule is CC[C@H](C)[C@H](N)C(=O)N1CCC2(CC1)OCCc1c2[nH]c2ccccc12. The van der Waals surface area contributed by atoms with Gasteiger partial charge in [0.25, 0.3) is 0 Å². The first-order valence-corrected chi connectivity index (χ1v) is 9.84. The minimum atomic E-state index is -0.398. The van der Waals surface area contributed by atoms with Gasteiger partial charge in [0.1, 0.15) is 5.60 Å². The van der Waals surface area contributed by atoms with Gasteiger partial charge in [-0.1, -0.05) is 38.5 Å². The number of rotatable bonds is 3. The molecule has 1 aromatic heterocycles. The summed E-state index contributed by atoms with van der Waals surface area (Å²) in [6.45, 7) is 6.29. The number of aromatic amines is 1. The minimum absolute atomic E-state index is 0.0851. The number of benzene rings is 1. The van der Waals surface area contributed by atoms with Gasteiger partial charge in [0, 0.05) is 24.0 Å². The molecule has 0 unspecified atom stereocenters. The number of para-hydroxylation sites is 1. The largest absolute Gasteiger partial charge is 0.368 e. The Morgan fingerprint density at radius 3 is 2.81 bits per heavy atom. The minimum Gasteiger partial charge on any atom is -0.368 e. The molecule has 3 N–H and O–H groups in total. The van der Waals surface area contributed by atoms with E-state index in [2.05, 4.69) is 43.1 Å². The predicted octanol–water partition coefficient (Wildman–Crippen LogP) is 2.93. The van der Waals surface area contributed by atoms with Crippen LogP contribution in [0.4, 0.5) is 0 Å². The standard InChI is InChI=1S/C21H29N3O2/c1-3-14(2)18(22)20(25)24-11-9-21(10-12-24)19-16(8-13-26-21)15-6-4-5-7-17(15)23-19/h4-7,14,18,23H,3,8-13,22H2,1-2H3/t14-,18-/m0/s1. The van der Waals surface area contributed by atoms with E-state index in [4.69, 9.17) is 10.5 Å². The molecule has 2 atom stereocenters. The number of H-pyrrole nitrogens is 1. The van der Waals surface area contributed by atoms with Crippen molar-refractivity contribution in [3.63, 3.8) is 0 Å². The molecular weight excluding hydrogens is 326 g/mol. The number of likely N-dealkylation sites (tertiary alicyclic amines) is 1. The number of nitrogens with one attached hydrogen (secondary N) is 1. The van der Waals surface area contributed by atoms with Crippen molar-refractivity contribution in [2.24, 2.45) is 11.7 Å². The van der Waals surface area contributed by atoms with Crippen LogP contribution in [0.5, 0.6) is 0 Å². The Bertz CT molecular complexity index is 805. The van der Waals surface area contributed by atoms with Gasteiger partial charge in [-0.2, -0.15) is 0 Å². The number of fused-ring (bicyclic) bond motifs is 4. The van der Waals surface area contributed by atoms with E-state index in [1.54, 1.807) is 0 Å². The van der Waals surface area contributed by atoms with Crippen LogP contribution in [0.3, 0.4) is 0 Å². The van der Waals surface area contributed by atoms with Gasteiger partial charge >= 0.3 is 0 Å². The van der Waals surface area contributed by atoms with Crippen LogP contribution in [0.1, 0.15) is 44.4 Å². The average Bonchev–Trinajstić information content (AvgIpc) is 3.07. The molecule has 3 heterocycles. The molecule has 0 aliphatic carbocycles. The highest BCUT2D eigenvalue weighted by Gasteiger charge is 2.44. The number of aromatic nitrogens is 1. The Morgan fingerprint density at radius 1 is 1.35 bits per heavy atom. The normalized spacial score (nSPS) is 21.6. The van der Waals surface area contributed by atoms with Crippen LogP contribution in [-0.4, -0.2) is 41.5 Å². The lowest BCUT2D eigenvalue weighted by atomic mass is 9.83. The second-order valence-corrected chi connectivity index (χ2v) is 7.85. The number of nitrogens with zero attached hydrogens (tertiary/aromatic N) is 1. The first-order valence-electron chi connectivity index (χ1n) is 9.84. The van der Waals surface area contributed by atoms with Crippen molar-refractivity contribution in [1.29, 1.82) is 0 Å². The second-order valence-electron chi connectivity index (χ2n) is 7.85. The monoisotopic (exact) mass is 355 g/mol. The van der Waals surface area contributed by atoms with E-state index in [-0.39, 0.29) is 17.4 Å². The molecule has 5 nitrogen and oxygen atoms in total. The number of hydrogen-bond donors (Lipinski definition) is 2. The topological polar surface area (TPSA) is 71.3 Å².